The summed E-state index contributed by atoms with van der Waals surface area (Å²) in [6, 6.07) is 4.79. The molecule has 9 nitrogen and oxygen atoms in total. The number of hydrogen-bond donors (Lipinski definition) is 2. The predicted molar refractivity (Wildman–Crippen MR) is 143 cm³/mol. The molecule has 0 bridgehead atoms. The van der Waals surface area contributed by atoms with Gasteiger partial charge in [0, 0.05) is 19.0 Å². The summed E-state index contributed by atoms with van der Waals surface area (Å²) in [5, 5.41) is 11.7. The number of ether oxygens (including phenoxy) is 2. The summed E-state index contributed by atoms with van der Waals surface area (Å²) in [5.74, 6) is 0.219. The number of allylic oxidation sites excluding steroid dienone is 2. The highest BCUT2D eigenvalue weighted by molar-refractivity contribution is 6.21. The summed E-state index contributed by atoms with van der Waals surface area (Å²) in [6.45, 7) is 3.47. The minimum atomic E-state index is -4.50. The minimum Gasteiger partial charge on any atom is -0.394 e. The number of rotatable bonds is 12. The van der Waals surface area contributed by atoms with Crippen LogP contribution in [0.5, 0.6) is 0 Å². The van der Waals surface area contributed by atoms with Crippen LogP contribution >= 0.6 is 11.6 Å². The van der Waals surface area contributed by atoms with Crippen molar-refractivity contribution in [2.24, 2.45) is 7.05 Å². The molecule has 3 rings (SSSR count). The normalized spacial score (nSPS) is 16.6. The van der Waals surface area contributed by atoms with Gasteiger partial charge in [0.15, 0.2) is 0 Å². The van der Waals surface area contributed by atoms with E-state index in [1.54, 1.807) is 17.9 Å². The average molecular weight is 573 g/mol. The van der Waals surface area contributed by atoms with E-state index in [1.807, 2.05) is 19.1 Å². The van der Waals surface area contributed by atoms with Crippen molar-refractivity contribution in [3.8, 4) is 0 Å². The first-order valence-electron chi connectivity index (χ1n) is 12.3. The third-order valence-electron chi connectivity index (χ3n) is 6.01. The number of aromatic nitrogens is 2. The second kappa shape index (κ2) is 13.3. The maximum Gasteiger partial charge on any atom is 0.416 e. The van der Waals surface area contributed by atoms with E-state index in [-0.39, 0.29) is 62.0 Å². The van der Waals surface area contributed by atoms with E-state index in [9.17, 15) is 22.8 Å². The molecule has 1 aromatic heterocycles. The Bertz CT molecular complexity index is 1320. The number of benzene rings is 1. The Kier molecular flexibility index (Phi) is 10.4. The summed E-state index contributed by atoms with van der Waals surface area (Å²) < 4.78 is 53.1. The minimum absolute atomic E-state index is 0.0356. The summed E-state index contributed by atoms with van der Waals surface area (Å²) in [4.78, 5) is 28.1. The van der Waals surface area contributed by atoms with Gasteiger partial charge >= 0.3 is 11.9 Å². The lowest BCUT2D eigenvalue weighted by atomic mass is 10.1. The van der Waals surface area contributed by atoms with Gasteiger partial charge in [-0.3, -0.25) is 13.9 Å². The molecule has 2 heterocycles. The Morgan fingerprint density at radius 1 is 1.28 bits per heavy atom. The maximum absolute atomic E-state index is 13.5. The van der Waals surface area contributed by atoms with Crippen LogP contribution in [0.2, 0.25) is 0 Å². The molecule has 0 amide bonds. The van der Waals surface area contributed by atoms with Crippen molar-refractivity contribution >= 4 is 23.1 Å². The monoisotopic (exact) mass is 572 g/mol. The topological polar surface area (TPSA) is 98.0 Å². The van der Waals surface area contributed by atoms with Crippen LogP contribution in [0, 0.1) is 0 Å². The zero-order valence-corrected chi connectivity index (χ0v) is 22.6. The van der Waals surface area contributed by atoms with Gasteiger partial charge in [0.2, 0.25) is 6.35 Å². The first-order valence-corrected chi connectivity index (χ1v) is 12.7. The molecule has 0 radical (unpaired) electrons. The predicted octanol–water partition coefficient (Wildman–Crippen LogP) is 3.44. The number of halogens is 4. The molecule has 0 saturated heterocycles. The molecule has 2 N–H and O–H groups in total. The third kappa shape index (κ3) is 7.53. The smallest absolute Gasteiger partial charge is 0.394 e. The Balaban J connectivity index is 1.98. The summed E-state index contributed by atoms with van der Waals surface area (Å²) in [6.07, 6.45) is -0.0481. The molecule has 0 saturated carbocycles. The zero-order chi connectivity index (χ0) is 28.7. The Hall–Kier alpha value is -3.06. The number of aliphatic hydroxyl groups excluding tert-OH is 1. The fourth-order valence-corrected chi connectivity index (χ4v) is 4.08. The molecular weight excluding hydrogens is 541 g/mol. The van der Waals surface area contributed by atoms with Crippen LogP contribution in [0.15, 0.2) is 57.7 Å². The van der Waals surface area contributed by atoms with Crippen molar-refractivity contribution in [2.75, 3.05) is 36.6 Å². The van der Waals surface area contributed by atoms with Gasteiger partial charge in [-0.05, 0) is 37.1 Å². The Morgan fingerprint density at radius 2 is 2.03 bits per heavy atom. The van der Waals surface area contributed by atoms with Crippen molar-refractivity contribution in [1.29, 1.82) is 0 Å². The number of nitrogens with zero attached hydrogens (tertiary/aromatic N) is 3. The van der Waals surface area contributed by atoms with E-state index in [0.29, 0.717) is 0 Å². The van der Waals surface area contributed by atoms with Gasteiger partial charge in [-0.25, -0.2) is 4.79 Å². The van der Waals surface area contributed by atoms with Gasteiger partial charge in [-0.1, -0.05) is 30.4 Å². The number of aliphatic hydroxyl groups is 1. The van der Waals surface area contributed by atoms with E-state index >= 15 is 0 Å². The fraction of sp³-hybridized carbons (Fsp3) is 0.462. The molecule has 39 heavy (non-hydrogen) atoms. The zero-order valence-electron chi connectivity index (χ0n) is 21.9. The molecule has 13 heteroatoms. The van der Waals surface area contributed by atoms with Crippen molar-refractivity contribution in [3.05, 3.63) is 80.0 Å². The molecule has 0 fully saturated rings. The fourth-order valence-electron chi connectivity index (χ4n) is 4.01. The molecule has 1 aliphatic rings. The van der Waals surface area contributed by atoms with Crippen LogP contribution < -0.4 is 21.5 Å². The van der Waals surface area contributed by atoms with Crippen LogP contribution in [0.4, 0.5) is 24.7 Å². The van der Waals surface area contributed by atoms with E-state index in [1.165, 1.54) is 23.7 Å². The third-order valence-corrected chi connectivity index (χ3v) is 6.16. The van der Waals surface area contributed by atoms with E-state index in [2.05, 4.69) is 5.32 Å². The highest BCUT2D eigenvalue weighted by atomic mass is 35.5. The van der Waals surface area contributed by atoms with Gasteiger partial charge < -0.3 is 24.8 Å². The summed E-state index contributed by atoms with van der Waals surface area (Å²) in [7, 11) is 1.50. The number of alkyl halides is 4. The second-order valence-electron chi connectivity index (χ2n) is 8.87. The lowest BCUT2D eigenvalue weighted by Gasteiger charge is -2.27. The Morgan fingerprint density at radius 3 is 2.67 bits per heavy atom. The maximum atomic E-state index is 13.5. The molecular formula is C26H32ClF3N4O5. The average Bonchev–Trinajstić information content (AvgIpc) is 3.26. The highest BCUT2D eigenvalue weighted by Gasteiger charge is 2.36. The van der Waals surface area contributed by atoms with Crippen molar-refractivity contribution in [3.63, 3.8) is 0 Å². The van der Waals surface area contributed by atoms with E-state index in [4.69, 9.17) is 26.2 Å². The molecule has 0 spiro atoms. The molecule has 2 aromatic rings. The lowest BCUT2D eigenvalue weighted by molar-refractivity contribution is -0.137. The quantitative estimate of drug-likeness (QED) is 0.228. The van der Waals surface area contributed by atoms with Crippen molar-refractivity contribution in [2.45, 2.75) is 44.9 Å². The van der Waals surface area contributed by atoms with Crippen molar-refractivity contribution < 1.29 is 27.8 Å². The largest absolute Gasteiger partial charge is 0.416 e. The molecule has 2 atom stereocenters. The van der Waals surface area contributed by atoms with Crippen LogP contribution in [0.1, 0.15) is 25.0 Å². The number of fused-ring (bicyclic) bond motifs is 1. The molecule has 2 unspecified atom stereocenters. The van der Waals surface area contributed by atoms with E-state index in [0.717, 1.165) is 22.3 Å². The van der Waals surface area contributed by atoms with E-state index < -0.39 is 29.3 Å². The lowest BCUT2D eigenvalue weighted by Crippen LogP contribution is -2.44. The van der Waals surface area contributed by atoms with Gasteiger partial charge in [-0.15, -0.1) is 11.6 Å². The Labute approximate surface area is 228 Å². The first-order chi connectivity index (χ1) is 18.5. The van der Waals surface area contributed by atoms with Crippen LogP contribution in [-0.4, -0.2) is 52.3 Å². The number of hydrogen-bond acceptors (Lipinski definition) is 7. The van der Waals surface area contributed by atoms with Gasteiger partial charge in [-0.2, -0.15) is 13.2 Å². The van der Waals surface area contributed by atoms with Gasteiger partial charge in [0.05, 0.1) is 38.5 Å². The van der Waals surface area contributed by atoms with Crippen LogP contribution in [0.3, 0.4) is 0 Å². The van der Waals surface area contributed by atoms with Crippen molar-refractivity contribution in [1.82, 2.24) is 9.13 Å². The number of anilines is 2. The summed E-state index contributed by atoms with van der Waals surface area (Å²) in [5.41, 5.74) is -0.718. The standard InChI is InChI=1S/C26H32ClF3N4O5/c1-4-18(9-8-17(2)27)15-34-21-22(32(3)25(37)33(23(21)36)10-12-38-13-11-35)31-24(34)39-16-19-6-5-7-20(14-19)26(28,29)30/h4-9,14,17,24,31,35H,10-13,15-16H2,1-3H3/b9-8-,18-4+. The van der Waals surface area contributed by atoms with Gasteiger partial charge in [0.25, 0.3) is 5.56 Å². The molecule has 214 valence electrons. The summed E-state index contributed by atoms with van der Waals surface area (Å²) >= 11 is 6.06. The molecule has 0 aliphatic carbocycles. The van der Waals surface area contributed by atoms with Crippen LogP contribution in [0.25, 0.3) is 0 Å². The number of nitrogens with one attached hydrogen (secondary N) is 1. The molecule has 1 aliphatic heterocycles. The van der Waals surface area contributed by atoms with Gasteiger partial charge in [0.1, 0.15) is 11.5 Å². The second-order valence-corrected chi connectivity index (χ2v) is 9.55. The SMILES string of the molecule is C/C=C(\C=C/C(C)Cl)CN1c2c(n(C)c(=O)n(CCOCCO)c2=O)NC1OCc1cccc(C(F)(F)F)c1. The molecule has 1 aromatic carbocycles. The first kappa shape index (κ1) is 30.5. The highest BCUT2D eigenvalue weighted by Crippen LogP contribution is 2.33. The van der Waals surface area contributed by atoms with Crippen LogP contribution in [-0.2, 0) is 35.8 Å².